The van der Waals surface area contributed by atoms with Crippen LogP contribution in [0.25, 0.3) is 0 Å². The molecule has 2 heterocycles. The normalized spacial score (nSPS) is 18.9. The Bertz CT molecular complexity index is 893. The summed E-state index contributed by atoms with van der Waals surface area (Å²) in [6.45, 7) is 3.67. The Morgan fingerprint density at radius 3 is 2.50 bits per heavy atom. The monoisotopic (exact) mass is 380 g/mol. The minimum Gasteiger partial charge on any atom is -0.382 e. The van der Waals surface area contributed by atoms with Crippen molar-refractivity contribution in [3.8, 4) is 0 Å². The number of hydrogen-bond acceptors (Lipinski definition) is 4. The van der Waals surface area contributed by atoms with Crippen molar-refractivity contribution in [1.29, 1.82) is 5.41 Å². The molecule has 0 atom stereocenters. The largest absolute Gasteiger partial charge is 0.382 e. The minimum absolute atomic E-state index is 0.0830. The molecule has 6 heteroatoms. The lowest BCUT2D eigenvalue weighted by Crippen LogP contribution is -2.43. The van der Waals surface area contributed by atoms with Crippen LogP contribution in [0.3, 0.4) is 0 Å². The molecule has 2 aromatic rings. The molecule has 0 spiro atoms. The number of pyridine rings is 1. The molecule has 28 heavy (non-hydrogen) atoms. The summed E-state index contributed by atoms with van der Waals surface area (Å²) in [7, 11) is 0. The third-order valence-electron chi connectivity index (χ3n) is 5.87. The van der Waals surface area contributed by atoms with Gasteiger partial charge in [0.15, 0.2) is 0 Å². The first-order valence-corrected chi connectivity index (χ1v) is 10.1. The Balaban J connectivity index is 1.50. The Kier molecular flexibility index (Phi) is 5.22. The first-order chi connectivity index (χ1) is 13.5. The van der Waals surface area contributed by atoms with Gasteiger partial charge in [0.2, 0.25) is 0 Å². The van der Waals surface area contributed by atoms with Crippen LogP contribution in [-0.4, -0.2) is 30.1 Å². The maximum Gasteiger partial charge on any atom is 0.261 e. The van der Waals surface area contributed by atoms with Crippen molar-refractivity contribution in [2.24, 2.45) is 0 Å². The van der Waals surface area contributed by atoms with Gasteiger partial charge in [0.25, 0.3) is 5.56 Å². The van der Waals surface area contributed by atoms with E-state index in [1.807, 2.05) is 18.2 Å². The van der Waals surface area contributed by atoms with Gasteiger partial charge in [-0.2, -0.15) is 0 Å². The highest BCUT2D eigenvalue weighted by Gasteiger charge is 2.34. The molecule has 4 N–H and O–H groups in total. The van der Waals surface area contributed by atoms with Crippen molar-refractivity contribution in [3.05, 3.63) is 58.0 Å². The molecular formula is C22H28N4O2. The number of amidine groups is 1. The average molecular weight is 380 g/mol. The number of hydrogen-bond donors (Lipinski definition) is 4. The summed E-state index contributed by atoms with van der Waals surface area (Å²) in [6.07, 6.45) is 7.55. The molecule has 1 aliphatic heterocycles. The van der Waals surface area contributed by atoms with E-state index in [-0.39, 0.29) is 16.8 Å². The summed E-state index contributed by atoms with van der Waals surface area (Å²) in [4.78, 5) is 15.2. The van der Waals surface area contributed by atoms with E-state index in [9.17, 15) is 4.79 Å². The SMILES string of the molecule is CC1(c2ccc(NC(=N)c3c(NC4CCCCC4)cc[nH]c3=O)cc2)COC1. The second kappa shape index (κ2) is 7.80. The van der Waals surface area contributed by atoms with Crippen LogP contribution in [0.5, 0.6) is 0 Å². The van der Waals surface area contributed by atoms with Crippen molar-refractivity contribution < 1.29 is 4.74 Å². The van der Waals surface area contributed by atoms with Crippen molar-refractivity contribution in [3.63, 3.8) is 0 Å². The number of aromatic nitrogens is 1. The Hall–Kier alpha value is -2.60. The standard InChI is InChI=1S/C22H28N4O2/c1-22(13-28-14-22)15-7-9-17(10-8-15)26-20(23)19-18(11-12-24-21(19)27)25-16-5-3-2-4-6-16/h7-12,16H,2-6,13-14H2,1H3,(H2,23,26)(H2,24,25,27). The lowest BCUT2D eigenvalue weighted by molar-refractivity contribution is -0.0499. The minimum atomic E-state index is -0.256. The van der Waals surface area contributed by atoms with Gasteiger partial charge in [0.05, 0.1) is 18.9 Å². The topological polar surface area (TPSA) is 90.0 Å². The average Bonchev–Trinajstić information content (AvgIpc) is 2.67. The van der Waals surface area contributed by atoms with Crippen LogP contribution in [0.2, 0.25) is 0 Å². The molecule has 2 fully saturated rings. The zero-order valence-electron chi connectivity index (χ0n) is 16.3. The summed E-state index contributed by atoms with van der Waals surface area (Å²) in [5.41, 5.74) is 2.94. The molecule has 0 amide bonds. The van der Waals surface area contributed by atoms with Crippen LogP contribution >= 0.6 is 0 Å². The van der Waals surface area contributed by atoms with Gasteiger partial charge < -0.3 is 20.4 Å². The fourth-order valence-electron chi connectivity index (χ4n) is 4.05. The van der Waals surface area contributed by atoms with Gasteiger partial charge in [-0.1, -0.05) is 38.3 Å². The zero-order chi connectivity index (χ0) is 19.6. The van der Waals surface area contributed by atoms with Crippen LogP contribution < -0.4 is 16.2 Å². The molecule has 0 bridgehead atoms. The van der Waals surface area contributed by atoms with Gasteiger partial charge in [0.1, 0.15) is 11.4 Å². The fourth-order valence-corrected chi connectivity index (χ4v) is 4.05. The molecule has 148 valence electrons. The van der Waals surface area contributed by atoms with E-state index in [1.165, 1.54) is 24.8 Å². The molecule has 6 nitrogen and oxygen atoms in total. The third-order valence-corrected chi connectivity index (χ3v) is 5.87. The smallest absolute Gasteiger partial charge is 0.261 e. The van der Waals surface area contributed by atoms with E-state index in [0.717, 1.165) is 37.4 Å². The molecule has 0 unspecified atom stereocenters. The number of aromatic amines is 1. The summed E-state index contributed by atoms with van der Waals surface area (Å²) >= 11 is 0. The number of nitrogens with one attached hydrogen (secondary N) is 4. The van der Waals surface area contributed by atoms with Gasteiger partial charge in [-0.25, -0.2) is 0 Å². The van der Waals surface area contributed by atoms with Crippen LogP contribution in [0.4, 0.5) is 11.4 Å². The van der Waals surface area contributed by atoms with Crippen molar-refractivity contribution in [2.45, 2.75) is 50.5 Å². The van der Waals surface area contributed by atoms with Crippen LogP contribution in [0.1, 0.15) is 50.2 Å². The van der Waals surface area contributed by atoms with E-state index in [0.29, 0.717) is 11.6 Å². The lowest BCUT2D eigenvalue weighted by atomic mass is 9.81. The second-order valence-electron chi connectivity index (χ2n) is 8.21. The van der Waals surface area contributed by atoms with Crippen LogP contribution in [0.15, 0.2) is 41.3 Å². The molecule has 1 aliphatic carbocycles. The maximum absolute atomic E-state index is 12.5. The summed E-state index contributed by atoms with van der Waals surface area (Å²) in [5, 5.41) is 15.1. The Labute approximate surface area is 165 Å². The summed E-state index contributed by atoms with van der Waals surface area (Å²) in [5.74, 6) is 0.103. The first-order valence-electron chi connectivity index (χ1n) is 10.1. The lowest BCUT2D eigenvalue weighted by Gasteiger charge is -2.38. The van der Waals surface area contributed by atoms with Crippen molar-refractivity contribution in [1.82, 2.24) is 4.98 Å². The quantitative estimate of drug-likeness (QED) is 0.469. The van der Waals surface area contributed by atoms with Crippen LogP contribution in [0, 0.1) is 5.41 Å². The predicted molar refractivity (Wildman–Crippen MR) is 113 cm³/mol. The molecule has 1 aromatic carbocycles. The van der Waals surface area contributed by atoms with Gasteiger partial charge in [-0.05, 0) is 36.6 Å². The van der Waals surface area contributed by atoms with Gasteiger partial charge in [0, 0.05) is 23.3 Å². The maximum atomic E-state index is 12.5. The van der Waals surface area contributed by atoms with Gasteiger partial charge in [-0.3, -0.25) is 10.2 Å². The number of H-pyrrole nitrogens is 1. The molecule has 1 saturated heterocycles. The highest BCUT2D eigenvalue weighted by Crippen LogP contribution is 2.32. The highest BCUT2D eigenvalue weighted by molar-refractivity contribution is 6.09. The van der Waals surface area contributed by atoms with E-state index in [1.54, 1.807) is 6.20 Å². The molecule has 1 saturated carbocycles. The highest BCUT2D eigenvalue weighted by atomic mass is 16.5. The van der Waals surface area contributed by atoms with E-state index in [4.69, 9.17) is 10.1 Å². The number of ether oxygens (including phenoxy) is 1. The summed E-state index contributed by atoms with van der Waals surface area (Å²) < 4.78 is 5.34. The van der Waals surface area contributed by atoms with Crippen molar-refractivity contribution >= 4 is 17.2 Å². The Morgan fingerprint density at radius 2 is 1.86 bits per heavy atom. The van der Waals surface area contributed by atoms with Crippen LogP contribution in [-0.2, 0) is 10.2 Å². The molecule has 4 rings (SSSR count). The summed E-state index contributed by atoms with van der Waals surface area (Å²) in [6, 6.07) is 10.3. The Morgan fingerprint density at radius 1 is 1.14 bits per heavy atom. The first kappa shape index (κ1) is 18.7. The van der Waals surface area contributed by atoms with E-state index in [2.05, 4.69) is 34.7 Å². The zero-order valence-corrected chi connectivity index (χ0v) is 16.3. The number of benzene rings is 1. The van der Waals surface area contributed by atoms with E-state index < -0.39 is 0 Å². The second-order valence-corrected chi connectivity index (χ2v) is 8.21. The van der Waals surface area contributed by atoms with Crippen molar-refractivity contribution in [2.75, 3.05) is 23.8 Å². The fraction of sp³-hybridized carbons (Fsp3) is 0.455. The number of rotatable bonds is 5. The van der Waals surface area contributed by atoms with E-state index >= 15 is 0 Å². The molecule has 1 aromatic heterocycles. The molecule has 0 radical (unpaired) electrons. The van der Waals surface area contributed by atoms with Gasteiger partial charge >= 0.3 is 0 Å². The predicted octanol–water partition coefficient (Wildman–Crippen LogP) is 3.84. The molecule has 2 aliphatic rings. The molecular weight excluding hydrogens is 352 g/mol. The number of anilines is 2. The third kappa shape index (κ3) is 3.83. The van der Waals surface area contributed by atoms with Gasteiger partial charge in [-0.15, -0.1) is 0 Å².